The Morgan fingerprint density at radius 3 is 2.44 bits per heavy atom. The molecule has 9 heteroatoms. The first-order valence-electron chi connectivity index (χ1n) is 13.5. The van der Waals surface area contributed by atoms with Crippen LogP contribution in [-0.4, -0.2) is 19.2 Å². The van der Waals surface area contributed by atoms with Crippen molar-refractivity contribution in [2.45, 2.75) is 32.5 Å². The SMILES string of the molecule is COc1cc(C2C(C#N)=C(N)Oc3cc(OC(=O)c4ccc(OC(C)C)cc4)ccc32)ccc1OCc1ccccc1Cl. The van der Waals surface area contributed by atoms with E-state index in [9.17, 15) is 10.1 Å². The first-order valence-corrected chi connectivity index (χ1v) is 13.9. The molecule has 1 atom stereocenters. The van der Waals surface area contributed by atoms with Crippen LogP contribution < -0.4 is 29.4 Å². The van der Waals surface area contributed by atoms with Gasteiger partial charge in [-0.2, -0.15) is 5.26 Å². The van der Waals surface area contributed by atoms with Gasteiger partial charge in [0.25, 0.3) is 0 Å². The molecule has 0 saturated heterocycles. The van der Waals surface area contributed by atoms with Crippen molar-refractivity contribution in [3.63, 3.8) is 0 Å². The molecule has 1 heterocycles. The molecule has 0 radical (unpaired) electrons. The molecule has 8 nitrogen and oxygen atoms in total. The fourth-order valence-electron chi connectivity index (χ4n) is 4.70. The average molecular weight is 597 g/mol. The van der Waals surface area contributed by atoms with Crippen LogP contribution in [0.1, 0.15) is 46.8 Å². The maximum absolute atomic E-state index is 12.8. The molecular weight excluding hydrogens is 568 g/mol. The number of ether oxygens (including phenoxy) is 5. The van der Waals surface area contributed by atoms with E-state index in [-0.39, 0.29) is 29.9 Å². The number of rotatable bonds is 9. The van der Waals surface area contributed by atoms with Crippen molar-refractivity contribution in [2.75, 3.05) is 7.11 Å². The van der Waals surface area contributed by atoms with Crippen LogP contribution >= 0.6 is 11.6 Å². The highest BCUT2D eigenvalue weighted by Gasteiger charge is 2.32. The molecule has 43 heavy (non-hydrogen) atoms. The number of hydrogen-bond donors (Lipinski definition) is 1. The van der Waals surface area contributed by atoms with Gasteiger partial charge in [0, 0.05) is 22.2 Å². The number of halogens is 1. The zero-order valence-electron chi connectivity index (χ0n) is 23.8. The minimum absolute atomic E-state index is 0.0202. The number of nitrogens with zero attached hydrogens (tertiary/aromatic N) is 1. The van der Waals surface area contributed by atoms with Gasteiger partial charge in [-0.25, -0.2) is 4.79 Å². The number of esters is 1. The van der Waals surface area contributed by atoms with Crippen LogP contribution in [0.5, 0.6) is 28.7 Å². The second-order valence-corrected chi connectivity index (χ2v) is 10.4. The summed E-state index contributed by atoms with van der Waals surface area (Å²) < 4.78 is 28.7. The van der Waals surface area contributed by atoms with E-state index >= 15 is 0 Å². The lowest BCUT2D eigenvalue weighted by molar-refractivity contribution is 0.0734. The standard InChI is InChI=1S/C34H29ClN2O6/c1-20(2)41-24-11-8-21(9-12-24)34(38)42-25-13-14-26-30(17-25)43-33(37)27(18-36)32(26)22-10-15-29(31(16-22)39-3)40-19-23-6-4-5-7-28(23)35/h4-17,20,32H,19,37H2,1-3H3. The monoisotopic (exact) mass is 596 g/mol. The number of allylic oxidation sites excluding steroid dienone is 1. The minimum atomic E-state index is -0.557. The predicted molar refractivity (Wildman–Crippen MR) is 162 cm³/mol. The number of carbonyl (C=O) groups is 1. The van der Waals surface area contributed by atoms with Crippen LogP contribution in [0.15, 0.2) is 96.4 Å². The van der Waals surface area contributed by atoms with Gasteiger partial charge in [-0.3, -0.25) is 0 Å². The average Bonchev–Trinajstić information content (AvgIpc) is 3.00. The second kappa shape index (κ2) is 12.8. The fraction of sp³-hybridized carbons (Fsp3) is 0.176. The van der Waals surface area contributed by atoms with Crippen molar-refractivity contribution < 1.29 is 28.5 Å². The van der Waals surface area contributed by atoms with Gasteiger partial charge in [0.15, 0.2) is 11.5 Å². The molecule has 1 aliphatic rings. The van der Waals surface area contributed by atoms with Gasteiger partial charge in [0.05, 0.1) is 24.7 Å². The van der Waals surface area contributed by atoms with Crippen molar-refractivity contribution >= 4 is 17.6 Å². The summed E-state index contributed by atoms with van der Waals surface area (Å²) in [5, 5.41) is 10.6. The number of hydrogen-bond acceptors (Lipinski definition) is 8. The van der Waals surface area contributed by atoms with Crippen LogP contribution in [0.3, 0.4) is 0 Å². The Bertz CT molecular complexity index is 1730. The molecule has 0 saturated carbocycles. The van der Waals surface area contributed by atoms with Gasteiger partial charge >= 0.3 is 5.97 Å². The summed E-state index contributed by atoms with van der Waals surface area (Å²) in [5.74, 6) is 1.14. The third kappa shape index (κ3) is 6.53. The molecule has 1 unspecified atom stereocenters. The van der Waals surface area contributed by atoms with Crippen molar-refractivity contribution in [1.82, 2.24) is 0 Å². The van der Waals surface area contributed by atoms with E-state index in [1.54, 1.807) is 67.8 Å². The lowest BCUT2D eigenvalue weighted by Crippen LogP contribution is -2.21. The van der Waals surface area contributed by atoms with Crippen LogP contribution in [0.4, 0.5) is 0 Å². The molecule has 2 N–H and O–H groups in total. The van der Waals surface area contributed by atoms with Gasteiger partial charge in [0.2, 0.25) is 5.88 Å². The molecule has 0 spiro atoms. The van der Waals surface area contributed by atoms with E-state index in [1.807, 2.05) is 38.1 Å². The normalized spacial score (nSPS) is 13.9. The summed E-state index contributed by atoms with van der Waals surface area (Å²) in [7, 11) is 1.54. The molecule has 0 fully saturated rings. The zero-order chi connectivity index (χ0) is 30.5. The summed E-state index contributed by atoms with van der Waals surface area (Å²) in [5.41, 5.74) is 9.05. The Morgan fingerprint density at radius 2 is 1.74 bits per heavy atom. The summed E-state index contributed by atoms with van der Waals surface area (Å²) in [6.07, 6.45) is 0.0202. The first-order chi connectivity index (χ1) is 20.8. The number of carbonyl (C=O) groups excluding carboxylic acids is 1. The fourth-order valence-corrected chi connectivity index (χ4v) is 4.89. The molecular formula is C34H29ClN2O6. The van der Waals surface area contributed by atoms with E-state index < -0.39 is 11.9 Å². The Kier molecular flexibility index (Phi) is 8.74. The van der Waals surface area contributed by atoms with E-state index in [0.29, 0.717) is 39.1 Å². The summed E-state index contributed by atoms with van der Waals surface area (Å²) >= 11 is 6.27. The quantitative estimate of drug-likeness (QED) is 0.160. The molecule has 4 aromatic rings. The highest BCUT2D eigenvalue weighted by Crippen LogP contribution is 2.45. The van der Waals surface area contributed by atoms with Crippen molar-refractivity contribution in [3.8, 4) is 34.8 Å². The lowest BCUT2D eigenvalue weighted by atomic mass is 9.83. The first kappa shape index (κ1) is 29.4. The molecule has 1 aliphatic heterocycles. The Labute approximate surface area is 254 Å². The predicted octanol–water partition coefficient (Wildman–Crippen LogP) is 7.15. The van der Waals surface area contributed by atoms with Crippen LogP contribution in [-0.2, 0) is 6.61 Å². The van der Waals surface area contributed by atoms with E-state index in [4.69, 9.17) is 41.0 Å². The van der Waals surface area contributed by atoms with E-state index in [0.717, 1.165) is 11.1 Å². The molecule has 0 bridgehead atoms. The number of benzene rings is 4. The third-order valence-electron chi connectivity index (χ3n) is 6.72. The molecule has 0 aliphatic carbocycles. The van der Waals surface area contributed by atoms with E-state index in [2.05, 4.69) is 6.07 Å². The second-order valence-electron chi connectivity index (χ2n) is 10.00. The number of nitrogens with two attached hydrogens (primary N) is 1. The summed E-state index contributed by atoms with van der Waals surface area (Å²) in [4.78, 5) is 12.8. The number of nitriles is 1. The maximum Gasteiger partial charge on any atom is 0.343 e. The van der Waals surface area contributed by atoms with Crippen molar-refractivity contribution in [1.29, 1.82) is 5.26 Å². The lowest BCUT2D eigenvalue weighted by Gasteiger charge is -2.27. The minimum Gasteiger partial charge on any atom is -0.493 e. The molecule has 0 amide bonds. The third-order valence-corrected chi connectivity index (χ3v) is 7.09. The Hall–Kier alpha value is -5.13. The van der Waals surface area contributed by atoms with Crippen LogP contribution in [0.25, 0.3) is 0 Å². The highest BCUT2D eigenvalue weighted by molar-refractivity contribution is 6.31. The molecule has 0 aromatic heterocycles. The van der Waals surface area contributed by atoms with Gasteiger partial charge in [-0.15, -0.1) is 0 Å². The van der Waals surface area contributed by atoms with Gasteiger partial charge in [-0.1, -0.05) is 41.9 Å². The summed E-state index contributed by atoms with van der Waals surface area (Å²) in [6.45, 7) is 4.11. The van der Waals surface area contributed by atoms with Crippen LogP contribution in [0.2, 0.25) is 5.02 Å². The smallest absolute Gasteiger partial charge is 0.343 e. The van der Waals surface area contributed by atoms with E-state index in [1.165, 1.54) is 0 Å². The number of methoxy groups -OCH3 is 1. The molecule has 5 rings (SSSR count). The van der Waals surface area contributed by atoms with Crippen molar-refractivity contribution in [2.24, 2.45) is 5.73 Å². The molecule has 4 aromatic carbocycles. The zero-order valence-corrected chi connectivity index (χ0v) is 24.6. The number of fused-ring (bicyclic) bond motifs is 1. The van der Waals surface area contributed by atoms with Gasteiger partial charge in [0.1, 0.15) is 35.5 Å². The Morgan fingerprint density at radius 1 is 1.00 bits per heavy atom. The molecule has 218 valence electrons. The largest absolute Gasteiger partial charge is 0.493 e. The highest BCUT2D eigenvalue weighted by atomic mass is 35.5. The van der Waals surface area contributed by atoms with Gasteiger partial charge in [-0.05, 0) is 67.9 Å². The van der Waals surface area contributed by atoms with Crippen molar-refractivity contribution in [3.05, 3.63) is 124 Å². The topological polar surface area (TPSA) is 113 Å². The van der Waals surface area contributed by atoms with Crippen LogP contribution in [0, 0.1) is 11.3 Å². The summed E-state index contributed by atoms with van der Waals surface area (Å²) in [6, 6.07) is 26.7. The maximum atomic E-state index is 12.8. The Balaban J connectivity index is 1.39. The van der Waals surface area contributed by atoms with Gasteiger partial charge < -0.3 is 29.4 Å².